The Kier molecular flexibility index (Phi) is 6.41. The summed E-state index contributed by atoms with van der Waals surface area (Å²) in [4.78, 5) is 22.7. The maximum Gasteiger partial charge on any atom is 0.243 e. The molecule has 0 saturated carbocycles. The van der Waals surface area contributed by atoms with Gasteiger partial charge in [0.25, 0.3) is 0 Å². The Balaban J connectivity index is 1.87. The lowest BCUT2D eigenvalue weighted by Crippen LogP contribution is -2.63. The van der Waals surface area contributed by atoms with E-state index in [4.69, 9.17) is 0 Å². The highest BCUT2D eigenvalue weighted by Gasteiger charge is 2.31. The number of nitrogens with zero attached hydrogens (tertiary/aromatic N) is 4. The number of hydrogen-bond acceptors (Lipinski definition) is 4. The van der Waals surface area contributed by atoms with Crippen LogP contribution in [0.5, 0.6) is 0 Å². The molecular formula is C16H30N6O. The number of carbonyl (C=O) groups excluding carboxylic acids is 1. The third kappa shape index (κ3) is 5.51. The number of fused-ring (bicyclic) bond motifs is 3. The van der Waals surface area contributed by atoms with Crippen molar-refractivity contribution in [3.63, 3.8) is 0 Å². The number of guanidine groups is 1. The van der Waals surface area contributed by atoms with E-state index in [2.05, 4.69) is 32.0 Å². The highest BCUT2D eigenvalue weighted by Crippen LogP contribution is 2.14. The van der Waals surface area contributed by atoms with E-state index in [-0.39, 0.29) is 12.5 Å². The topological polar surface area (TPSA) is 63.2 Å². The molecule has 0 aromatic carbocycles. The number of aliphatic imine (C=N–C) groups is 1. The second-order valence-corrected chi connectivity index (χ2v) is 6.63. The third-order valence-electron chi connectivity index (χ3n) is 4.33. The van der Waals surface area contributed by atoms with Crippen LogP contribution in [0, 0.1) is 0 Å². The molecule has 1 amide bonds. The molecule has 2 N–H and O–H groups in total. The molecule has 3 aliphatic heterocycles. The van der Waals surface area contributed by atoms with Crippen molar-refractivity contribution in [1.82, 2.24) is 25.3 Å². The Hall–Kier alpha value is -1.60. The van der Waals surface area contributed by atoms with E-state index >= 15 is 0 Å². The Morgan fingerprint density at radius 2 is 1.96 bits per heavy atom. The summed E-state index contributed by atoms with van der Waals surface area (Å²) in [6.45, 7) is 13.3. The predicted octanol–water partition coefficient (Wildman–Crippen LogP) is -0.814. The van der Waals surface area contributed by atoms with Gasteiger partial charge in [0, 0.05) is 66.0 Å². The molecule has 3 fully saturated rings. The molecule has 2 bridgehead atoms. The first kappa shape index (κ1) is 17.7. The highest BCUT2D eigenvalue weighted by atomic mass is 16.2. The van der Waals surface area contributed by atoms with Gasteiger partial charge in [-0.2, -0.15) is 0 Å². The quantitative estimate of drug-likeness (QED) is 0.380. The van der Waals surface area contributed by atoms with Gasteiger partial charge in [0.2, 0.25) is 5.91 Å². The average molecular weight is 322 g/mol. The van der Waals surface area contributed by atoms with Gasteiger partial charge >= 0.3 is 0 Å². The van der Waals surface area contributed by atoms with Crippen molar-refractivity contribution in [1.29, 1.82) is 0 Å². The van der Waals surface area contributed by atoms with Gasteiger partial charge in [-0.15, -0.1) is 0 Å². The molecule has 0 spiro atoms. The zero-order valence-electron chi connectivity index (χ0n) is 14.6. The van der Waals surface area contributed by atoms with Gasteiger partial charge in [0.05, 0.1) is 0 Å². The van der Waals surface area contributed by atoms with Crippen molar-refractivity contribution in [3.05, 3.63) is 12.2 Å². The van der Waals surface area contributed by atoms with E-state index in [0.717, 1.165) is 31.8 Å². The summed E-state index contributed by atoms with van der Waals surface area (Å²) in [5.41, 5.74) is 1.03. The van der Waals surface area contributed by atoms with Crippen molar-refractivity contribution in [2.45, 2.75) is 13.0 Å². The fraction of sp³-hybridized carbons (Fsp3) is 0.750. The van der Waals surface area contributed by atoms with Crippen LogP contribution in [-0.2, 0) is 4.79 Å². The molecule has 0 aromatic heterocycles. The number of carbonyl (C=O) groups is 1. The lowest BCUT2D eigenvalue weighted by Gasteiger charge is -2.47. The van der Waals surface area contributed by atoms with Crippen molar-refractivity contribution in [3.8, 4) is 0 Å². The molecule has 1 atom stereocenters. The summed E-state index contributed by atoms with van der Waals surface area (Å²) in [5, 5.41) is 6.62. The van der Waals surface area contributed by atoms with Crippen LogP contribution in [0.25, 0.3) is 0 Å². The second kappa shape index (κ2) is 8.31. The standard InChI is InChI=1S/C16H30N6O/c1-13(2)9-17-16(19-11-15(23)20(3)4)18-10-14-12-21-5-7-22(14)8-6-21/h14H,1,5-12H2,2-4H3,(H2,17,18,19). The third-order valence-corrected chi connectivity index (χ3v) is 4.33. The minimum absolute atomic E-state index is 0.00647. The van der Waals surface area contributed by atoms with Crippen LogP contribution in [0.2, 0.25) is 0 Å². The van der Waals surface area contributed by atoms with Crippen LogP contribution in [0.4, 0.5) is 0 Å². The van der Waals surface area contributed by atoms with Gasteiger partial charge in [-0.1, -0.05) is 12.2 Å². The first-order chi connectivity index (χ1) is 11.0. The molecule has 3 rings (SSSR count). The molecule has 1 unspecified atom stereocenters. The summed E-state index contributed by atoms with van der Waals surface area (Å²) in [6, 6.07) is 0.513. The fourth-order valence-corrected chi connectivity index (χ4v) is 2.83. The first-order valence-corrected chi connectivity index (χ1v) is 8.29. The molecule has 3 saturated heterocycles. The minimum Gasteiger partial charge on any atom is -0.355 e. The molecule has 0 radical (unpaired) electrons. The van der Waals surface area contributed by atoms with Crippen LogP contribution in [0.15, 0.2) is 17.1 Å². The molecular weight excluding hydrogens is 292 g/mol. The Morgan fingerprint density at radius 3 is 2.48 bits per heavy atom. The van der Waals surface area contributed by atoms with E-state index in [0.29, 0.717) is 18.5 Å². The van der Waals surface area contributed by atoms with Gasteiger partial charge in [-0.3, -0.25) is 14.6 Å². The molecule has 0 aromatic rings. The predicted molar refractivity (Wildman–Crippen MR) is 93.6 cm³/mol. The molecule has 3 heterocycles. The van der Waals surface area contributed by atoms with E-state index in [1.807, 2.05) is 6.92 Å². The number of rotatable bonds is 6. The fourth-order valence-electron chi connectivity index (χ4n) is 2.83. The Morgan fingerprint density at radius 1 is 1.26 bits per heavy atom. The van der Waals surface area contributed by atoms with Gasteiger partial charge in [0.15, 0.2) is 5.96 Å². The summed E-state index contributed by atoms with van der Waals surface area (Å²) in [7, 11) is 3.49. The highest BCUT2D eigenvalue weighted by molar-refractivity contribution is 5.84. The number of nitrogens with one attached hydrogen (secondary N) is 2. The van der Waals surface area contributed by atoms with Crippen molar-refractivity contribution < 1.29 is 4.79 Å². The molecule has 7 nitrogen and oxygen atoms in total. The molecule has 3 aliphatic rings. The lowest BCUT2D eigenvalue weighted by molar-refractivity contribution is -0.127. The normalized spacial score (nSPS) is 26.7. The van der Waals surface area contributed by atoms with Gasteiger partial charge in [-0.05, 0) is 6.92 Å². The average Bonchev–Trinajstić information content (AvgIpc) is 2.54. The number of amides is 1. The van der Waals surface area contributed by atoms with Crippen molar-refractivity contribution in [2.24, 2.45) is 4.99 Å². The van der Waals surface area contributed by atoms with Crippen LogP contribution in [0.3, 0.4) is 0 Å². The largest absolute Gasteiger partial charge is 0.355 e. The maximum atomic E-state index is 11.7. The van der Waals surface area contributed by atoms with Gasteiger partial charge < -0.3 is 15.5 Å². The van der Waals surface area contributed by atoms with Crippen LogP contribution in [-0.4, -0.2) is 99.1 Å². The summed E-state index contributed by atoms with van der Waals surface area (Å²) in [5.74, 6) is 0.675. The Bertz CT molecular complexity index is 453. The zero-order valence-corrected chi connectivity index (χ0v) is 14.6. The van der Waals surface area contributed by atoms with Crippen LogP contribution < -0.4 is 10.6 Å². The monoisotopic (exact) mass is 322 g/mol. The van der Waals surface area contributed by atoms with Crippen LogP contribution >= 0.6 is 0 Å². The molecule has 0 aliphatic carbocycles. The van der Waals surface area contributed by atoms with Crippen molar-refractivity contribution >= 4 is 11.9 Å². The maximum absolute atomic E-state index is 11.7. The lowest BCUT2D eigenvalue weighted by atomic mass is 10.1. The zero-order chi connectivity index (χ0) is 16.8. The first-order valence-electron chi connectivity index (χ1n) is 8.29. The summed E-state index contributed by atoms with van der Waals surface area (Å²) >= 11 is 0. The molecule has 23 heavy (non-hydrogen) atoms. The second-order valence-electron chi connectivity index (χ2n) is 6.63. The van der Waals surface area contributed by atoms with Crippen molar-refractivity contribution in [2.75, 3.05) is 66.5 Å². The minimum atomic E-state index is -0.00647. The smallest absolute Gasteiger partial charge is 0.243 e. The Labute approximate surface area is 139 Å². The number of likely N-dealkylation sites (N-methyl/N-ethyl adjacent to an activating group) is 1. The van der Waals surface area contributed by atoms with E-state index in [9.17, 15) is 4.79 Å². The van der Waals surface area contributed by atoms with E-state index < -0.39 is 0 Å². The number of hydrogen-bond donors (Lipinski definition) is 2. The van der Waals surface area contributed by atoms with Crippen LogP contribution in [0.1, 0.15) is 6.92 Å². The van der Waals surface area contributed by atoms with Gasteiger partial charge in [-0.25, -0.2) is 4.99 Å². The van der Waals surface area contributed by atoms with E-state index in [1.54, 1.807) is 19.0 Å². The molecule has 7 heteroatoms. The summed E-state index contributed by atoms with van der Waals surface area (Å²) in [6.07, 6.45) is 0. The number of piperazine rings is 3. The summed E-state index contributed by atoms with van der Waals surface area (Å²) < 4.78 is 0. The van der Waals surface area contributed by atoms with Gasteiger partial charge in [0.1, 0.15) is 6.54 Å². The molecule has 130 valence electrons. The SMILES string of the molecule is C=C(C)CNC(=NCC(=O)N(C)C)NCC1CN2CCN1CC2. The van der Waals surface area contributed by atoms with E-state index in [1.165, 1.54) is 13.1 Å².